The van der Waals surface area contributed by atoms with Crippen LogP contribution in [0.15, 0.2) is 42.5 Å². The van der Waals surface area contributed by atoms with Gasteiger partial charge in [0.05, 0.1) is 0 Å². The van der Waals surface area contributed by atoms with Gasteiger partial charge < -0.3 is 14.2 Å². The minimum atomic E-state index is -0.487. The van der Waals surface area contributed by atoms with Gasteiger partial charge >= 0.3 is 17.9 Å². The molecule has 0 N–H and O–H groups in total. The second-order valence-electron chi connectivity index (χ2n) is 5.65. The predicted molar refractivity (Wildman–Crippen MR) is 94.1 cm³/mol. The molecule has 0 aliphatic heterocycles. The van der Waals surface area contributed by atoms with E-state index in [4.69, 9.17) is 14.2 Å². The first-order chi connectivity index (χ1) is 12.4. The molecule has 0 atom stereocenters. The molecule has 0 amide bonds. The fraction of sp³-hybridized carbons (Fsp3) is 0.250. The number of hydrogen-bond donors (Lipinski definition) is 0. The fourth-order valence-electron chi connectivity index (χ4n) is 2.41. The fourth-order valence-corrected chi connectivity index (χ4v) is 2.41. The van der Waals surface area contributed by atoms with Crippen molar-refractivity contribution in [2.75, 3.05) is 0 Å². The first-order valence-corrected chi connectivity index (χ1v) is 8.03. The van der Waals surface area contributed by atoms with Gasteiger partial charge in [0.1, 0.15) is 19.0 Å². The van der Waals surface area contributed by atoms with Gasteiger partial charge in [-0.3, -0.25) is 14.4 Å². The summed E-state index contributed by atoms with van der Waals surface area (Å²) in [5, 5.41) is 0. The maximum atomic E-state index is 11.6. The molecule has 0 heterocycles. The van der Waals surface area contributed by atoms with Gasteiger partial charge in [-0.05, 0) is 23.3 Å². The second kappa shape index (κ2) is 8.80. The number of rotatable bonds is 6. The SMILES string of the molecule is CC(=O)OCc1cc(COC(C)=O)c(OC(C)=O)c(-c2ccccc2)c1. The normalized spacial score (nSPS) is 10.1. The smallest absolute Gasteiger partial charge is 0.308 e. The molecule has 6 nitrogen and oxygen atoms in total. The maximum Gasteiger partial charge on any atom is 0.308 e. The summed E-state index contributed by atoms with van der Waals surface area (Å²) in [6.07, 6.45) is 0. The first-order valence-electron chi connectivity index (χ1n) is 8.03. The highest BCUT2D eigenvalue weighted by Crippen LogP contribution is 2.35. The lowest BCUT2D eigenvalue weighted by Crippen LogP contribution is -2.09. The Labute approximate surface area is 151 Å². The van der Waals surface area contributed by atoms with Crippen LogP contribution >= 0.6 is 0 Å². The summed E-state index contributed by atoms with van der Waals surface area (Å²) in [6.45, 7) is 3.92. The number of esters is 3. The topological polar surface area (TPSA) is 78.9 Å². The zero-order valence-corrected chi connectivity index (χ0v) is 14.9. The van der Waals surface area contributed by atoms with Crippen molar-refractivity contribution in [1.29, 1.82) is 0 Å². The monoisotopic (exact) mass is 356 g/mol. The van der Waals surface area contributed by atoms with Gasteiger partial charge in [0.15, 0.2) is 0 Å². The number of ether oxygens (including phenoxy) is 3. The highest BCUT2D eigenvalue weighted by Gasteiger charge is 2.17. The van der Waals surface area contributed by atoms with E-state index in [2.05, 4.69) is 0 Å². The van der Waals surface area contributed by atoms with Gasteiger partial charge in [-0.25, -0.2) is 0 Å². The number of carbonyl (C=O) groups is 3. The molecule has 2 rings (SSSR count). The van der Waals surface area contributed by atoms with E-state index in [0.717, 1.165) is 5.56 Å². The average molecular weight is 356 g/mol. The Kier molecular flexibility index (Phi) is 6.49. The Hall–Kier alpha value is -3.15. The largest absolute Gasteiger partial charge is 0.461 e. The molecule has 0 aliphatic carbocycles. The van der Waals surface area contributed by atoms with Crippen LogP contribution in [0.4, 0.5) is 0 Å². The molecule has 0 fully saturated rings. The summed E-state index contributed by atoms with van der Waals surface area (Å²) in [6, 6.07) is 12.8. The van der Waals surface area contributed by atoms with Crippen LogP contribution in [0.2, 0.25) is 0 Å². The Balaban J connectivity index is 2.57. The molecule has 0 radical (unpaired) electrons. The molecule has 2 aromatic rings. The molecule has 0 saturated carbocycles. The Morgan fingerprint density at radius 2 is 1.42 bits per heavy atom. The van der Waals surface area contributed by atoms with E-state index in [-0.39, 0.29) is 13.2 Å². The molecule has 6 heteroatoms. The maximum absolute atomic E-state index is 11.6. The molecular formula is C20H20O6. The van der Waals surface area contributed by atoms with E-state index in [1.165, 1.54) is 20.8 Å². The molecule has 2 aromatic carbocycles. The van der Waals surface area contributed by atoms with E-state index in [1.807, 2.05) is 30.3 Å². The van der Waals surface area contributed by atoms with Crippen molar-refractivity contribution < 1.29 is 28.6 Å². The van der Waals surface area contributed by atoms with E-state index in [0.29, 0.717) is 22.4 Å². The Morgan fingerprint density at radius 3 is 2.00 bits per heavy atom. The third kappa shape index (κ3) is 5.44. The zero-order valence-electron chi connectivity index (χ0n) is 14.9. The predicted octanol–water partition coefficient (Wildman–Crippen LogP) is 3.41. The molecule has 136 valence electrons. The molecule has 0 aliphatic rings. The van der Waals surface area contributed by atoms with E-state index in [9.17, 15) is 14.4 Å². The minimum absolute atomic E-state index is 0.0581. The van der Waals surface area contributed by atoms with E-state index >= 15 is 0 Å². The van der Waals surface area contributed by atoms with Gasteiger partial charge in [-0.15, -0.1) is 0 Å². The van der Waals surface area contributed by atoms with Crippen molar-refractivity contribution in [3.63, 3.8) is 0 Å². The van der Waals surface area contributed by atoms with Crippen molar-refractivity contribution in [1.82, 2.24) is 0 Å². The molecule has 0 aromatic heterocycles. The first kappa shape index (κ1) is 19.2. The van der Waals surface area contributed by atoms with Gasteiger partial charge in [-0.1, -0.05) is 30.3 Å². The highest BCUT2D eigenvalue weighted by molar-refractivity contribution is 5.79. The van der Waals surface area contributed by atoms with Crippen molar-refractivity contribution in [3.05, 3.63) is 53.6 Å². The van der Waals surface area contributed by atoms with Gasteiger partial charge in [0.25, 0.3) is 0 Å². The summed E-state index contributed by atoms with van der Waals surface area (Å²) in [5.74, 6) is -1.03. The summed E-state index contributed by atoms with van der Waals surface area (Å²) in [4.78, 5) is 33.9. The van der Waals surface area contributed by atoms with Gasteiger partial charge in [0.2, 0.25) is 0 Å². The van der Waals surface area contributed by atoms with Crippen LogP contribution in [0.5, 0.6) is 5.75 Å². The number of benzene rings is 2. The molecule has 0 saturated heterocycles. The van der Waals surface area contributed by atoms with Crippen LogP contribution in [0.1, 0.15) is 31.9 Å². The highest BCUT2D eigenvalue weighted by atomic mass is 16.5. The molecule has 0 unspecified atom stereocenters. The van der Waals surface area contributed by atoms with Crippen molar-refractivity contribution >= 4 is 17.9 Å². The van der Waals surface area contributed by atoms with Gasteiger partial charge in [0, 0.05) is 31.9 Å². The Bertz CT molecular complexity index is 811. The molecule has 0 spiro atoms. The third-order valence-electron chi connectivity index (χ3n) is 3.43. The summed E-state index contributed by atoms with van der Waals surface area (Å²) < 4.78 is 15.6. The van der Waals surface area contributed by atoms with Crippen LogP contribution < -0.4 is 4.74 Å². The summed E-state index contributed by atoms with van der Waals surface area (Å²) >= 11 is 0. The molecule has 0 bridgehead atoms. The van der Waals surface area contributed by atoms with Crippen LogP contribution in [0.25, 0.3) is 11.1 Å². The van der Waals surface area contributed by atoms with E-state index < -0.39 is 17.9 Å². The van der Waals surface area contributed by atoms with Crippen LogP contribution in [-0.2, 0) is 37.1 Å². The summed E-state index contributed by atoms with van der Waals surface area (Å²) in [5.41, 5.74) is 2.67. The number of hydrogen-bond acceptors (Lipinski definition) is 6. The number of carbonyl (C=O) groups excluding carboxylic acids is 3. The second-order valence-corrected chi connectivity index (χ2v) is 5.65. The van der Waals surface area contributed by atoms with Gasteiger partial charge in [-0.2, -0.15) is 0 Å². The molecule has 26 heavy (non-hydrogen) atoms. The lowest BCUT2D eigenvalue weighted by atomic mass is 9.98. The standard InChI is InChI=1S/C20H20O6/c1-13(21)24-11-16-9-18(12-25-14(2)22)20(26-15(3)23)19(10-16)17-7-5-4-6-8-17/h4-10H,11-12H2,1-3H3. The van der Waals surface area contributed by atoms with Crippen molar-refractivity contribution in [2.24, 2.45) is 0 Å². The lowest BCUT2D eigenvalue weighted by Gasteiger charge is -2.17. The van der Waals surface area contributed by atoms with Crippen molar-refractivity contribution in [2.45, 2.75) is 34.0 Å². The zero-order chi connectivity index (χ0) is 19.1. The lowest BCUT2D eigenvalue weighted by molar-refractivity contribution is -0.143. The van der Waals surface area contributed by atoms with Crippen LogP contribution in [0, 0.1) is 0 Å². The third-order valence-corrected chi connectivity index (χ3v) is 3.43. The quantitative estimate of drug-likeness (QED) is 0.583. The Morgan fingerprint density at radius 1 is 0.808 bits per heavy atom. The van der Waals surface area contributed by atoms with Crippen LogP contribution in [0.3, 0.4) is 0 Å². The molecular weight excluding hydrogens is 336 g/mol. The van der Waals surface area contributed by atoms with Crippen LogP contribution in [-0.4, -0.2) is 17.9 Å². The van der Waals surface area contributed by atoms with Crippen molar-refractivity contribution in [3.8, 4) is 16.9 Å². The average Bonchev–Trinajstić information content (AvgIpc) is 2.59. The minimum Gasteiger partial charge on any atom is -0.461 e. The summed E-state index contributed by atoms with van der Waals surface area (Å²) in [7, 11) is 0. The van der Waals surface area contributed by atoms with E-state index in [1.54, 1.807) is 12.1 Å².